The molecule has 3 atom stereocenters. The number of rotatable bonds is 2. The van der Waals surface area contributed by atoms with Gasteiger partial charge in [-0.3, -0.25) is 4.79 Å². The molecule has 0 bridgehead atoms. The molecule has 0 radical (unpaired) electrons. The van der Waals surface area contributed by atoms with Crippen LogP contribution < -0.4 is 0 Å². The maximum atomic E-state index is 12.5. The van der Waals surface area contributed by atoms with Gasteiger partial charge in [0.25, 0.3) is 0 Å². The van der Waals surface area contributed by atoms with Crippen LogP contribution in [0.1, 0.15) is 39.5 Å². The zero-order chi connectivity index (χ0) is 14.0. The summed E-state index contributed by atoms with van der Waals surface area (Å²) in [5, 5.41) is 9.26. The highest BCUT2D eigenvalue weighted by atomic mass is 16.2. The topological polar surface area (TPSA) is 47.3 Å². The number of likely N-dealkylation sites (tertiary alicyclic amines) is 2. The molecule has 106 valence electrons. The monoisotopic (exact) mass is 263 g/mol. The molecule has 2 saturated heterocycles. The minimum Gasteiger partial charge on any atom is -0.341 e. The van der Waals surface area contributed by atoms with E-state index in [1.165, 1.54) is 19.4 Å². The Hall–Kier alpha value is -1.08. The number of fused-ring (bicyclic) bond motifs is 1. The lowest BCUT2D eigenvalue weighted by Gasteiger charge is -2.46. The fourth-order valence-electron chi connectivity index (χ4n) is 3.46. The SMILES string of the molecule is CCC(C)(C#N)C(=O)N1CCC2C(CCCN2C)C1. The highest BCUT2D eigenvalue weighted by molar-refractivity contribution is 5.85. The summed E-state index contributed by atoms with van der Waals surface area (Å²) in [6.45, 7) is 6.52. The second kappa shape index (κ2) is 5.50. The van der Waals surface area contributed by atoms with E-state index in [1.807, 2.05) is 11.8 Å². The van der Waals surface area contributed by atoms with Crippen LogP contribution in [0.3, 0.4) is 0 Å². The number of amides is 1. The molecule has 2 aliphatic rings. The normalized spacial score (nSPS) is 31.2. The third-order valence-electron chi connectivity index (χ3n) is 5.06. The first kappa shape index (κ1) is 14.3. The molecule has 0 aromatic rings. The predicted molar refractivity (Wildman–Crippen MR) is 74.4 cm³/mol. The maximum absolute atomic E-state index is 12.5. The van der Waals surface area contributed by atoms with Crippen LogP contribution in [0.2, 0.25) is 0 Å². The zero-order valence-electron chi connectivity index (χ0n) is 12.4. The van der Waals surface area contributed by atoms with Gasteiger partial charge in [0.1, 0.15) is 5.41 Å². The van der Waals surface area contributed by atoms with Crippen LogP contribution in [0, 0.1) is 22.7 Å². The van der Waals surface area contributed by atoms with Gasteiger partial charge in [0.15, 0.2) is 0 Å². The van der Waals surface area contributed by atoms with Gasteiger partial charge in [-0.25, -0.2) is 0 Å². The lowest BCUT2D eigenvalue weighted by molar-refractivity contribution is -0.142. The highest BCUT2D eigenvalue weighted by Crippen LogP contribution is 2.32. The Kier molecular flexibility index (Phi) is 4.15. The van der Waals surface area contributed by atoms with Crippen molar-refractivity contribution in [1.82, 2.24) is 9.80 Å². The molecule has 2 fully saturated rings. The number of piperidine rings is 2. The van der Waals surface area contributed by atoms with Crippen LogP contribution in [-0.2, 0) is 4.79 Å². The van der Waals surface area contributed by atoms with Crippen LogP contribution in [0.5, 0.6) is 0 Å². The second-order valence-corrected chi connectivity index (χ2v) is 6.29. The van der Waals surface area contributed by atoms with Crippen molar-refractivity contribution in [3.8, 4) is 6.07 Å². The van der Waals surface area contributed by atoms with E-state index in [1.54, 1.807) is 6.92 Å². The molecule has 19 heavy (non-hydrogen) atoms. The Morgan fingerprint density at radius 1 is 1.42 bits per heavy atom. The first-order valence-electron chi connectivity index (χ1n) is 7.42. The molecule has 2 heterocycles. The summed E-state index contributed by atoms with van der Waals surface area (Å²) in [5.74, 6) is 0.625. The van der Waals surface area contributed by atoms with Gasteiger partial charge in [0.05, 0.1) is 6.07 Å². The van der Waals surface area contributed by atoms with Crippen molar-refractivity contribution < 1.29 is 4.79 Å². The highest BCUT2D eigenvalue weighted by Gasteiger charge is 2.41. The number of hydrogen-bond acceptors (Lipinski definition) is 3. The fraction of sp³-hybridized carbons (Fsp3) is 0.867. The van der Waals surface area contributed by atoms with Crippen LogP contribution in [0.4, 0.5) is 0 Å². The summed E-state index contributed by atoms with van der Waals surface area (Å²) < 4.78 is 0. The van der Waals surface area contributed by atoms with Gasteiger partial charge >= 0.3 is 0 Å². The lowest BCUT2D eigenvalue weighted by atomic mass is 9.82. The molecular weight excluding hydrogens is 238 g/mol. The Bertz CT molecular complexity index is 389. The largest absolute Gasteiger partial charge is 0.341 e. The summed E-state index contributed by atoms with van der Waals surface area (Å²) in [4.78, 5) is 16.9. The van der Waals surface area contributed by atoms with Crippen LogP contribution in [0.25, 0.3) is 0 Å². The Morgan fingerprint density at radius 2 is 2.16 bits per heavy atom. The lowest BCUT2D eigenvalue weighted by Crippen LogP contribution is -2.55. The van der Waals surface area contributed by atoms with Crippen molar-refractivity contribution in [2.24, 2.45) is 11.3 Å². The van der Waals surface area contributed by atoms with E-state index in [-0.39, 0.29) is 5.91 Å². The van der Waals surface area contributed by atoms with Crippen molar-refractivity contribution in [2.45, 2.75) is 45.6 Å². The number of hydrogen-bond donors (Lipinski definition) is 0. The van der Waals surface area contributed by atoms with Gasteiger partial charge in [0, 0.05) is 19.1 Å². The molecular formula is C15H25N3O. The van der Waals surface area contributed by atoms with Crippen LogP contribution in [0.15, 0.2) is 0 Å². The molecule has 0 aromatic carbocycles. The molecule has 0 aliphatic carbocycles. The maximum Gasteiger partial charge on any atom is 0.242 e. The molecule has 0 N–H and O–H groups in total. The van der Waals surface area contributed by atoms with E-state index in [9.17, 15) is 10.1 Å². The van der Waals surface area contributed by atoms with Gasteiger partial charge in [0.2, 0.25) is 5.91 Å². The first-order valence-corrected chi connectivity index (χ1v) is 7.42. The fourth-order valence-corrected chi connectivity index (χ4v) is 3.46. The Labute approximate surface area is 116 Å². The summed E-state index contributed by atoms with van der Waals surface area (Å²) in [5.41, 5.74) is -0.840. The standard InChI is InChI=1S/C15H25N3O/c1-4-15(2,11-16)14(19)18-9-7-13-12(10-18)6-5-8-17(13)3/h12-13H,4-10H2,1-3H3. The molecule has 4 heteroatoms. The predicted octanol–water partition coefficient (Wildman–Crippen LogP) is 1.87. The zero-order valence-corrected chi connectivity index (χ0v) is 12.4. The molecule has 2 aliphatic heterocycles. The van der Waals surface area contributed by atoms with Crippen LogP contribution in [-0.4, -0.2) is 48.4 Å². The Balaban J connectivity index is 2.05. The summed E-state index contributed by atoms with van der Waals surface area (Å²) in [6.07, 6.45) is 4.09. The molecule has 4 nitrogen and oxygen atoms in total. The van der Waals surface area contributed by atoms with Crippen molar-refractivity contribution >= 4 is 5.91 Å². The van der Waals surface area contributed by atoms with Gasteiger partial charge in [-0.15, -0.1) is 0 Å². The van der Waals surface area contributed by atoms with E-state index in [2.05, 4.69) is 18.0 Å². The van der Waals surface area contributed by atoms with Gasteiger partial charge in [-0.1, -0.05) is 6.92 Å². The quantitative estimate of drug-likeness (QED) is 0.764. The average molecular weight is 263 g/mol. The molecule has 2 rings (SSSR count). The van der Waals surface area contributed by atoms with E-state index >= 15 is 0 Å². The van der Waals surface area contributed by atoms with Crippen molar-refractivity contribution in [3.63, 3.8) is 0 Å². The molecule has 0 aromatic heterocycles. The molecule has 3 unspecified atom stereocenters. The van der Waals surface area contributed by atoms with E-state index in [0.717, 1.165) is 19.5 Å². The van der Waals surface area contributed by atoms with E-state index in [4.69, 9.17) is 0 Å². The molecule has 0 spiro atoms. The smallest absolute Gasteiger partial charge is 0.242 e. The minimum absolute atomic E-state index is 0.0316. The minimum atomic E-state index is -0.840. The van der Waals surface area contributed by atoms with Gasteiger partial charge < -0.3 is 9.80 Å². The summed E-state index contributed by atoms with van der Waals surface area (Å²) >= 11 is 0. The summed E-state index contributed by atoms with van der Waals surface area (Å²) in [7, 11) is 2.19. The van der Waals surface area contributed by atoms with Crippen molar-refractivity contribution in [2.75, 3.05) is 26.7 Å². The van der Waals surface area contributed by atoms with Crippen LogP contribution >= 0.6 is 0 Å². The second-order valence-electron chi connectivity index (χ2n) is 6.29. The van der Waals surface area contributed by atoms with E-state index < -0.39 is 5.41 Å². The van der Waals surface area contributed by atoms with Gasteiger partial charge in [-0.05, 0) is 52.1 Å². The third kappa shape index (κ3) is 2.62. The number of nitriles is 1. The average Bonchev–Trinajstić information content (AvgIpc) is 2.45. The number of carbonyl (C=O) groups excluding carboxylic acids is 1. The molecule has 0 saturated carbocycles. The third-order valence-corrected chi connectivity index (χ3v) is 5.06. The first-order chi connectivity index (χ1) is 9.01. The number of nitrogens with zero attached hydrogens (tertiary/aromatic N) is 3. The number of carbonyl (C=O) groups is 1. The van der Waals surface area contributed by atoms with Crippen molar-refractivity contribution in [1.29, 1.82) is 5.26 Å². The Morgan fingerprint density at radius 3 is 2.79 bits per heavy atom. The summed E-state index contributed by atoms with van der Waals surface area (Å²) in [6, 6.07) is 2.84. The van der Waals surface area contributed by atoms with E-state index in [0.29, 0.717) is 18.4 Å². The van der Waals surface area contributed by atoms with Crippen molar-refractivity contribution in [3.05, 3.63) is 0 Å². The molecule has 1 amide bonds. The van der Waals surface area contributed by atoms with Gasteiger partial charge in [-0.2, -0.15) is 5.26 Å².